The fourth-order valence-corrected chi connectivity index (χ4v) is 6.30. The van der Waals surface area contributed by atoms with E-state index in [1.54, 1.807) is 35.5 Å². The lowest BCUT2D eigenvalue weighted by Crippen LogP contribution is -2.41. The first kappa shape index (κ1) is 24.9. The van der Waals surface area contributed by atoms with E-state index in [4.69, 9.17) is 9.15 Å². The Kier molecular flexibility index (Phi) is 7.57. The van der Waals surface area contributed by atoms with Gasteiger partial charge in [0.25, 0.3) is 5.91 Å². The lowest BCUT2D eigenvalue weighted by Gasteiger charge is -2.32. The lowest BCUT2D eigenvalue weighted by atomic mass is 9.95. The molecule has 3 aromatic rings. The van der Waals surface area contributed by atoms with Crippen molar-refractivity contribution in [3.63, 3.8) is 0 Å². The van der Waals surface area contributed by atoms with Gasteiger partial charge in [-0.3, -0.25) is 4.79 Å². The van der Waals surface area contributed by atoms with E-state index in [0.717, 1.165) is 32.1 Å². The van der Waals surface area contributed by atoms with Crippen LogP contribution >= 0.6 is 0 Å². The normalized spacial score (nSPS) is 14.8. The highest BCUT2D eigenvalue weighted by atomic mass is 32.2. The van der Waals surface area contributed by atoms with Gasteiger partial charge in [-0.25, -0.2) is 13.2 Å². The van der Waals surface area contributed by atoms with E-state index in [-0.39, 0.29) is 34.6 Å². The number of anilines is 1. The number of carbonyl (C=O) groups is 2. The summed E-state index contributed by atoms with van der Waals surface area (Å²) in [6.07, 6.45) is 4.95. The summed E-state index contributed by atoms with van der Waals surface area (Å²) in [6.45, 7) is 4.10. The number of para-hydroxylation sites is 1. The van der Waals surface area contributed by atoms with Gasteiger partial charge in [0.15, 0.2) is 0 Å². The highest BCUT2D eigenvalue weighted by Crippen LogP contribution is 2.32. The maximum Gasteiger partial charge on any atom is 0.376 e. The molecular weight excluding hydrogens is 468 g/mol. The zero-order valence-electron chi connectivity index (χ0n) is 20.0. The van der Waals surface area contributed by atoms with Gasteiger partial charge < -0.3 is 14.5 Å². The van der Waals surface area contributed by atoms with Crippen LogP contribution in [0.1, 0.15) is 66.9 Å². The van der Waals surface area contributed by atoms with Gasteiger partial charge in [-0.2, -0.15) is 4.31 Å². The molecule has 2 aromatic carbocycles. The predicted molar refractivity (Wildman–Crippen MR) is 133 cm³/mol. The Bertz CT molecular complexity index is 1310. The molecule has 0 bridgehead atoms. The molecule has 4 rings (SSSR count). The van der Waals surface area contributed by atoms with Gasteiger partial charge in [-0.15, -0.1) is 0 Å². The molecule has 0 atom stereocenters. The second-order valence-corrected chi connectivity index (χ2v) is 10.4. The van der Waals surface area contributed by atoms with E-state index >= 15 is 0 Å². The Morgan fingerprint density at radius 2 is 1.71 bits per heavy atom. The van der Waals surface area contributed by atoms with E-state index in [0.29, 0.717) is 17.5 Å². The number of hydrogen-bond acceptors (Lipinski definition) is 6. The zero-order valence-corrected chi connectivity index (χ0v) is 20.8. The number of nitrogens with zero attached hydrogens (tertiary/aromatic N) is 1. The third-order valence-electron chi connectivity index (χ3n) is 6.31. The Morgan fingerprint density at radius 3 is 2.37 bits per heavy atom. The molecule has 0 spiro atoms. The third kappa shape index (κ3) is 5.11. The zero-order chi connectivity index (χ0) is 25.0. The fraction of sp³-hybridized carbons (Fsp3) is 0.385. The Morgan fingerprint density at radius 1 is 1.03 bits per heavy atom. The molecule has 186 valence electrons. The van der Waals surface area contributed by atoms with Crippen molar-refractivity contribution in [3.8, 4) is 0 Å². The first-order chi connectivity index (χ1) is 16.9. The molecule has 1 heterocycles. The smallest absolute Gasteiger partial charge is 0.376 e. The van der Waals surface area contributed by atoms with Gasteiger partial charge in [0.1, 0.15) is 11.3 Å². The maximum atomic E-state index is 13.3. The summed E-state index contributed by atoms with van der Waals surface area (Å²) in [4.78, 5) is 25.6. The number of benzene rings is 2. The van der Waals surface area contributed by atoms with Crippen LogP contribution in [-0.4, -0.2) is 43.8 Å². The molecule has 1 aromatic heterocycles. The highest BCUT2D eigenvalue weighted by Gasteiger charge is 2.31. The second-order valence-electron chi connectivity index (χ2n) is 8.50. The van der Waals surface area contributed by atoms with Crippen LogP contribution in [0.4, 0.5) is 5.69 Å². The van der Waals surface area contributed by atoms with Crippen molar-refractivity contribution in [2.24, 2.45) is 0 Å². The summed E-state index contributed by atoms with van der Waals surface area (Å²) in [7, 11) is -3.67. The van der Waals surface area contributed by atoms with Gasteiger partial charge in [0, 0.05) is 23.5 Å². The van der Waals surface area contributed by atoms with Crippen molar-refractivity contribution >= 4 is 38.6 Å². The number of amides is 1. The van der Waals surface area contributed by atoms with Crippen LogP contribution < -0.4 is 5.32 Å². The van der Waals surface area contributed by atoms with Gasteiger partial charge in [-0.05, 0) is 56.2 Å². The SMILES string of the molecule is CCOC(=O)c1oc2ccccc2c1NC(=O)c1ccc(S(=O)(=O)N(CC)C2CCCCC2)cc1. The van der Waals surface area contributed by atoms with Crippen molar-refractivity contribution in [2.75, 3.05) is 18.5 Å². The van der Waals surface area contributed by atoms with Crippen molar-refractivity contribution in [1.82, 2.24) is 4.31 Å². The summed E-state index contributed by atoms with van der Waals surface area (Å²) in [5, 5.41) is 3.30. The van der Waals surface area contributed by atoms with E-state index in [1.807, 2.05) is 6.92 Å². The van der Waals surface area contributed by atoms with Crippen LogP contribution in [0.2, 0.25) is 0 Å². The number of rotatable bonds is 8. The predicted octanol–water partition coefficient (Wildman–Crippen LogP) is 5.21. The summed E-state index contributed by atoms with van der Waals surface area (Å²) in [5.74, 6) is -1.26. The van der Waals surface area contributed by atoms with E-state index < -0.39 is 21.9 Å². The molecule has 1 N–H and O–H groups in total. The standard InChI is InChI=1S/C26H30N2O6S/c1-3-28(19-10-6-5-7-11-19)35(31,32)20-16-14-18(15-17-20)25(29)27-23-21-12-8-9-13-22(21)34-24(23)26(30)33-4-2/h8-9,12-17,19H,3-7,10-11H2,1-2H3,(H,27,29). The van der Waals surface area contributed by atoms with Crippen molar-refractivity contribution < 1.29 is 27.2 Å². The van der Waals surface area contributed by atoms with Crippen LogP contribution in [0.3, 0.4) is 0 Å². The summed E-state index contributed by atoms with van der Waals surface area (Å²) >= 11 is 0. The molecule has 0 aliphatic heterocycles. The molecule has 1 fully saturated rings. The Hall–Kier alpha value is -3.17. The minimum absolute atomic E-state index is 0.0115. The molecule has 0 radical (unpaired) electrons. The second kappa shape index (κ2) is 10.6. The number of fused-ring (bicyclic) bond motifs is 1. The molecule has 1 amide bonds. The third-order valence-corrected chi connectivity index (χ3v) is 8.35. The number of nitrogens with one attached hydrogen (secondary N) is 1. The molecule has 9 heteroatoms. The van der Waals surface area contributed by atoms with Gasteiger partial charge in [0.2, 0.25) is 15.8 Å². The fourth-order valence-electron chi connectivity index (χ4n) is 4.60. The van der Waals surface area contributed by atoms with E-state index in [1.165, 1.54) is 24.3 Å². The van der Waals surface area contributed by atoms with Crippen LogP contribution in [0.25, 0.3) is 11.0 Å². The highest BCUT2D eigenvalue weighted by molar-refractivity contribution is 7.89. The topological polar surface area (TPSA) is 106 Å². The number of carbonyl (C=O) groups excluding carboxylic acids is 2. The average Bonchev–Trinajstić information content (AvgIpc) is 3.23. The average molecular weight is 499 g/mol. The Labute approximate surface area is 205 Å². The molecule has 1 aliphatic rings. The Balaban J connectivity index is 1.58. The molecule has 35 heavy (non-hydrogen) atoms. The van der Waals surface area contributed by atoms with Gasteiger partial charge >= 0.3 is 5.97 Å². The van der Waals surface area contributed by atoms with Gasteiger partial charge in [-0.1, -0.05) is 38.3 Å². The molecule has 0 unspecified atom stereocenters. The maximum absolute atomic E-state index is 13.3. The van der Waals surface area contributed by atoms with Crippen LogP contribution in [-0.2, 0) is 14.8 Å². The number of sulfonamides is 1. The minimum atomic E-state index is -3.67. The number of hydrogen-bond donors (Lipinski definition) is 1. The van der Waals surface area contributed by atoms with Crippen molar-refractivity contribution in [1.29, 1.82) is 0 Å². The number of ether oxygens (including phenoxy) is 1. The van der Waals surface area contributed by atoms with E-state index in [2.05, 4.69) is 5.32 Å². The molecule has 1 saturated carbocycles. The van der Waals surface area contributed by atoms with Crippen LogP contribution in [0.5, 0.6) is 0 Å². The molecule has 8 nitrogen and oxygen atoms in total. The van der Waals surface area contributed by atoms with Crippen LogP contribution in [0.15, 0.2) is 57.8 Å². The lowest BCUT2D eigenvalue weighted by molar-refractivity contribution is 0.0494. The molecule has 1 aliphatic carbocycles. The first-order valence-electron chi connectivity index (χ1n) is 12.0. The summed E-state index contributed by atoms with van der Waals surface area (Å²) in [5.41, 5.74) is 0.912. The number of esters is 1. The molecule has 0 saturated heterocycles. The van der Waals surface area contributed by atoms with Crippen molar-refractivity contribution in [2.45, 2.75) is 56.9 Å². The van der Waals surface area contributed by atoms with Crippen molar-refractivity contribution in [3.05, 3.63) is 59.9 Å². The molecular formula is C26H30N2O6S. The number of furan rings is 1. The largest absolute Gasteiger partial charge is 0.460 e. The quantitative estimate of drug-likeness (QED) is 0.428. The monoisotopic (exact) mass is 498 g/mol. The summed E-state index contributed by atoms with van der Waals surface area (Å²) < 4.78 is 38.9. The van der Waals surface area contributed by atoms with E-state index in [9.17, 15) is 18.0 Å². The van der Waals surface area contributed by atoms with Crippen LogP contribution in [0, 0.1) is 0 Å². The first-order valence-corrected chi connectivity index (χ1v) is 13.4. The minimum Gasteiger partial charge on any atom is -0.460 e. The summed E-state index contributed by atoms with van der Waals surface area (Å²) in [6, 6.07) is 12.8. The van der Waals surface area contributed by atoms with Gasteiger partial charge in [0.05, 0.1) is 11.5 Å².